The molecule has 2 aliphatic rings. The van der Waals surface area contributed by atoms with E-state index in [0.29, 0.717) is 12.8 Å². The zero-order chi connectivity index (χ0) is 25.0. The number of carbonyl (C=O) groups is 3. The highest BCUT2D eigenvalue weighted by Gasteiger charge is 2.42. The Morgan fingerprint density at radius 3 is 2.31 bits per heavy atom. The van der Waals surface area contributed by atoms with E-state index >= 15 is 0 Å². The molecule has 0 spiro atoms. The molecule has 1 saturated carbocycles. The van der Waals surface area contributed by atoms with Gasteiger partial charge in [-0.3, -0.25) is 4.79 Å². The molecule has 4 N–H and O–H groups in total. The molecule has 8 nitrogen and oxygen atoms in total. The average Bonchev–Trinajstić information content (AvgIpc) is 3.16. The van der Waals surface area contributed by atoms with E-state index in [-0.39, 0.29) is 31.4 Å². The van der Waals surface area contributed by atoms with E-state index in [0.717, 1.165) is 35.1 Å². The minimum absolute atomic E-state index is 0.0455. The summed E-state index contributed by atoms with van der Waals surface area (Å²) in [6.45, 7) is 2.09. The Kier molecular flexibility index (Phi) is 7.40. The number of fused-ring (bicyclic) bond motifs is 3. The van der Waals surface area contributed by atoms with E-state index in [1.165, 1.54) is 0 Å². The molecule has 2 aliphatic carbocycles. The minimum atomic E-state index is -1.52. The quantitative estimate of drug-likeness (QED) is 0.459. The van der Waals surface area contributed by atoms with Gasteiger partial charge in [0, 0.05) is 18.9 Å². The maximum atomic E-state index is 12.9. The number of nitrogens with one attached hydrogen (secondary N) is 2. The largest absolute Gasteiger partial charge is 0.479 e. The molecule has 0 aromatic heterocycles. The Morgan fingerprint density at radius 1 is 1.06 bits per heavy atom. The van der Waals surface area contributed by atoms with Gasteiger partial charge in [-0.05, 0) is 42.0 Å². The normalized spacial score (nSPS) is 21.9. The number of alkyl carbamates (subject to hydrolysis) is 1. The molecule has 2 amide bonds. The predicted molar refractivity (Wildman–Crippen MR) is 130 cm³/mol. The number of amides is 2. The molecule has 0 radical (unpaired) electrons. The third-order valence-electron chi connectivity index (χ3n) is 7.26. The van der Waals surface area contributed by atoms with Crippen molar-refractivity contribution >= 4 is 18.0 Å². The second kappa shape index (κ2) is 10.5. The van der Waals surface area contributed by atoms with Crippen LogP contribution in [0.4, 0.5) is 4.79 Å². The van der Waals surface area contributed by atoms with Gasteiger partial charge in [0.15, 0.2) is 6.10 Å². The van der Waals surface area contributed by atoms with Crippen LogP contribution in [0.1, 0.15) is 56.1 Å². The van der Waals surface area contributed by atoms with Gasteiger partial charge in [-0.25, -0.2) is 9.59 Å². The zero-order valence-corrected chi connectivity index (χ0v) is 19.8. The van der Waals surface area contributed by atoms with Crippen molar-refractivity contribution in [1.29, 1.82) is 0 Å². The Bertz CT molecular complexity index is 1060. The van der Waals surface area contributed by atoms with Gasteiger partial charge < -0.3 is 25.6 Å². The Balaban J connectivity index is 1.37. The summed E-state index contributed by atoms with van der Waals surface area (Å²) < 4.78 is 5.69. The van der Waals surface area contributed by atoms with Crippen LogP contribution < -0.4 is 10.6 Å². The van der Waals surface area contributed by atoms with Gasteiger partial charge in [-0.1, -0.05) is 61.4 Å². The maximum Gasteiger partial charge on any atom is 0.407 e. The second-order valence-electron chi connectivity index (χ2n) is 9.60. The molecule has 0 bridgehead atoms. The van der Waals surface area contributed by atoms with Crippen molar-refractivity contribution in [3.05, 3.63) is 59.7 Å². The number of hydrogen-bond acceptors (Lipinski definition) is 5. The first-order valence-corrected chi connectivity index (χ1v) is 12.1. The van der Waals surface area contributed by atoms with Crippen molar-refractivity contribution in [1.82, 2.24) is 10.6 Å². The van der Waals surface area contributed by atoms with E-state index in [4.69, 9.17) is 9.84 Å². The summed E-state index contributed by atoms with van der Waals surface area (Å²) in [5, 5.41) is 23.9. The van der Waals surface area contributed by atoms with E-state index in [2.05, 4.69) is 34.9 Å². The van der Waals surface area contributed by atoms with Crippen LogP contribution in [-0.4, -0.2) is 53.0 Å². The van der Waals surface area contributed by atoms with Crippen LogP contribution in [0.15, 0.2) is 48.5 Å². The summed E-state index contributed by atoms with van der Waals surface area (Å²) in [4.78, 5) is 36.5. The van der Waals surface area contributed by atoms with Crippen molar-refractivity contribution in [3.63, 3.8) is 0 Å². The molecule has 35 heavy (non-hydrogen) atoms. The number of carboxylic acid groups (broad SMARTS) is 1. The number of aliphatic carboxylic acids is 1. The first-order valence-electron chi connectivity index (χ1n) is 12.1. The van der Waals surface area contributed by atoms with Crippen LogP contribution in [-0.2, 0) is 14.3 Å². The highest BCUT2D eigenvalue weighted by atomic mass is 16.5. The number of benzene rings is 2. The second-order valence-corrected chi connectivity index (χ2v) is 9.60. The van der Waals surface area contributed by atoms with Crippen molar-refractivity contribution in [2.24, 2.45) is 5.92 Å². The van der Waals surface area contributed by atoms with Crippen molar-refractivity contribution < 1.29 is 29.3 Å². The third kappa shape index (κ3) is 5.32. The fraction of sp³-hybridized carbons (Fsp3) is 0.444. The van der Waals surface area contributed by atoms with Crippen LogP contribution in [0.25, 0.3) is 11.1 Å². The lowest BCUT2D eigenvalue weighted by atomic mass is 9.73. The molecular formula is C27H32N2O6. The Morgan fingerprint density at radius 2 is 1.69 bits per heavy atom. The van der Waals surface area contributed by atoms with Gasteiger partial charge in [0.25, 0.3) is 0 Å². The fourth-order valence-electron chi connectivity index (χ4n) is 5.35. The van der Waals surface area contributed by atoms with Gasteiger partial charge in [-0.15, -0.1) is 0 Å². The summed E-state index contributed by atoms with van der Waals surface area (Å²) in [6, 6.07) is 16.3. The van der Waals surface area contributed by atoms with Crippen LogP contribution in [0, 0.1) is 5.92 Å². The van der Waals surface area contributed by atoms with E-state index in [1.54, 1.807) is 0 Å². The van der Waals surface area contributed by atoms with Gasteiger partial charge in [-0.2, -0.15) is 0 Å². The first kappa shape index (κ1) is 24.7. The molecule has 2 aromatic rings. The SMILES string of the molecule is CC1(NC(=O)OCC2c3ccccc3-c3ccccc32)CCCCC1C(=O)NCCC(O)C(=O)O. The minimum Gasteiger partial charge on any atom is -0.479 e. The Hall–Kier alpha value is -3.39. The van der Waals surface area contributed by atoms with Crippen molar-refractivity contribution in [2.75, 3.05) is 13.2 Å². The van der Waals surface area contributed by atoms with Gasteiger partial charge in [0.05, 0.1) is 11.5 Å². The summed E-state index contributed by atoms with van der Waals surface area (Å²) in [6.07, 6.45) is 0.812. The summed E-state index contributed by atoms with van der Waals surface area (Å²) in [5.74, 6) is -2.10. The fourth-order valence-corrected chi connectivity index (χ4v) is 5.35. The molecule has 8 heteroatoms. The zero-order valence-electron chi connectivity index (χ0n) is 19.8. The molecule has 3 atom stereocenters. The topological polar surface area (TPSA) is 125 Å². The highest BCUT2D eigenvalue weighted by Crippen LogP contribution is 2.44. The van der Waals surface area contributed by atoms with Crippen molar-refractivity contribution in [3.8, 4) is 11.1 Å². The maximum absolute atomic E-state index is 12.9. The molecule has 4 rings (SSSR count). The average molecular weight is 481 g/mol. The summed E-state index contributed by atoms with van der Waals surface area (Å²) >= 11 is 0. The van der Waals surface area contributed by atoms with E-state index in [1.807, 2.05) is 31.2 Å². The smallest absolute Gasteiger partial charge is 0.407 e. The monoisotopic (exact) mass is 480 g/mol. The molecule has 0 saturated heterocycles. The number of ether oxygens (including phenoxy) is 1. The third-order valence-corrected chi connectivity index (χ3v) is 7.26. The number of aliphatic hydroxyl groups excluding tert-OH is 1. The summed E-state index contributed by atoms with van der Waals surface area (Å²) in [7, 11) is 0. The van der Waals surface area contributed by atoms with Crippen LogP contribution in [0.2, 0.25) is 0 Å². The van der Waals surface area contributed by atoms with Gasteiger partial charge >= 0.3 is 12.1 Å². The molecule has 1 fully saturated rings. The standard InChI is InChI=1S/C27H32N2O6/c1-27(14-7-6-12-22(27)24(31)28-15-13-23(30)25(32)33)29-26(34)35-16-21-19-10-4-2-8-17(19)18-9-3-5-11-20(18)21/h2-5,8-11,21-23,30H,6-7,12-16H2,1H3,(H,28,31)(H,29,34)(H,32,33). The van der Waals surface area contributed by atoms with E-state index in [9.17, 15) is 19.5 Å². The van der Waals surface area contributed by atoms with Crippen LogP contribution in [0.5, 0.6) is 0 Å². The molecule has 186 valence electrons. The Labute approximate surface area is 204 Å². The first-order chi connectivity index (χ1) is 16.8. The van der Waals surface area contributed by atoms with E-state index < -0.39 is 29.6 Å². The lowest BCUT2D eigenvalue weighted by Crippen LogP contribution is -2.57. The number of carboxylic acids is 1. The van der Waals surface area contributed by atoms with Crippen molar-refractivity contribution in [2.45, 2.75) is 56.6 Å². The lowest BCUT2D eigenvalue weighted by molar-refractivity contribution is -0.147. The molecule has 0 heterocycles. The highest BCUT2D eigenvalue weighted by molar-refractivity contribution is 5.82. The molecular weight excluding hydrogens is 448 g/mol. The summed E-state index contributed by atoms with van der Waals surface area (Å²) in [5.41, 5.74) is 3.79. The number of aliphatic hydroxyl groups is 1. The number of carbonyl (C=O) groups excluding carboxylic acids is 2. The molecule has 0 aliphatic heterocycles. The predicted octanol–water partition coefficient (Wildman–Crippen LogP) is 3.43. The van der Waals surface area contributed by atoms with Gasteiger partial charge in [0.2, 0.25) is 5.91 Å². The van der Waals surface area contributed by atoms with Gasteiger partial charge in [0.1, 0.15) is 6.61 Å². The number of hydrogen-bond donors (Lipinski definition) is 4. The molecule has 3 unspecified atom stereocenters. The van der Waals surface area contributed by atoms with Crippen LogP contribution >= 0.6 is 0 Å². The number of rotatable bonds is 8. The van der Waals surface area contributed by atoms with Crippen LogP contribution in [0.3, 0.4) is 0 Å². The molecule has 2 aromatic carbocycles. The lowest BCUT2D eigenvalue weighted by Gasteiger charge is -2.40.